The molecule has 2 aromatic carbocycles. The second-order valence-corrected chi connectivity index (χ2v) is 19.6. The fraction of sp³-hybridized carbons (Fsp3) is 0.545. The number of nitrogens with zero attached hydrogens (tertiary/aromatic N) is 4. The number of carbonyl (C=O) groups excluding carboxylic acids is 3. The minimum atomic E-state index is -3.44. The van der Waals surface area contributed by atoms with E-state index < -0.39 is 33.3 Å². The summed E-state index contributed by atoms with van der Waals surface area (Å²) in [5.41, 5.74) is 3.26. The summed E-state index contributed by atoms with van der Waals surface area (Å²) in [5, 5.41) is 4.90. The van der Waals surface area contributed by atoms with E-state index >= 15 is 0 Å². The molecule has 0 N–H and O–H groups in total. The maximum Gasteiger partial charge on any atom is 0.306 e. The summed E-state index contributed by atoms with van der Waals surface area (Å²) in [6, 6.07) is 11.4. The number of rotatable bonds is 8. The van der Waals surface area contributed by atoms with Gasteiger partial charge in [-0.05, 0) is 91.0 Å². The number of ketones is 1. The monoisotopic (exact) mass is 820 g/mol. The summed E-state index contributed by atoms with van der Waals surface area (Å²) >= 11 is 6.50. The maximum atomic E-state index is 14.9. The highest BCUT2D eigenvalue weighted by molar-refractivity contribution is 7.94. The molecular weight excluding hydrogens is 764 g/mol. The molecule has 308 valence electrons. The van der Waals surface area contributed by atoms with Crippen LogP contribution >= 0.6 is 11.6 Å². The second-order valence-electron chi connectivity index (χ2n) is 16.8. The quantitative estimate of drug-likeness (QED) is 0.125. The molecule has 0 fully saturated rings. The van der Waals surface area contributed by atoms with E-state index in [4.69, 9.17) is 25.8 Å². The van der Waals surface area contributed by atoms with Crippen LogP contribution in [0, 0.1) is 23.7 Å². The Morgan fingerprint density at radius 1 is 1.16 bits per heavy atom. The first-order chi connectivity index (χ1) is 27.1. The Kier molecular flexibility index (Phi) is 13.2. The van der Waals surface area contributed by atoms with E-state index in [0.717, 1.165) is 31.4 Å². The Morgan fingerprint density at radius 3 is 2.68 bits per heavy atom. The molecule has 0 radical (unpaired) electrons. The topological polar surface area (TPSA) is 129 Å². The van der Waals surface area contributed by atoms with Gasteiger partial charge in [0, 0.05) is 60.4 Å². The standard InChI is InChI=1S/C44H57ClN4O7S/c1-8-31-22-49-26-44(18-10-12-32-20-34(45)15-16-36(32)44)27-55-40-17-14-33(21-37(40)49)42(52)47-57(53,25-38(50)35-23-48(6)46-43(35)54-7)24-29(4)11-9-13-39(30(31)5)56-41(51)19-28(2)3/h9,13-17,20-21,23,28-31,39H,8,10-12,18-19,22,24-27H2,1-7H3/b13-9+/t29-,30+,31-,39-,44-,57+/m0/s1. The number of hydrogen-bond donors (Lipinski definition) is 0. The number of allylic oxidation sites excluding steroid dienone is 1. The minimum absolute atomic E-state index is 0.00549. The van der Waals surface area contributed by atoms with Crippen molar-refractivity contribution in [2.45, 2.75) is 84.7 Å². The van der Waals surface area contributed by atoms with Gasteiger partial charge in [-0.15, -0.1) is 5.10 Å². The van der Waals surface area contributed by atoms with Gasteiger partial charge in [-0.3, -0.25) is 19.1 Å². The molecule has 0 unspecified atom stereocenters. The Balaban J connectivity index is 1.47. The van der Waals surface area contributed by atoms with Gasteiger partial charge in [0.05, 0.1) is 34.9 Å². The average molecular weight is 821 g/mol. The minimum Gasteiger partial charge on any atom is -0.490 e. The molecule has 1 aromatic heterocycles. The highest BCUT2D eigenvalue weighted by Crippen LogP contribution is 2.45. The number of esters is 1. The van der Waals surface area contributed by atoms with Gasteiger partial charge in [0.15, 0.2) is 5.78 Å². The maximum absolute atomic E-state index is 14.9. The lowest BCUT2D eigenvalue weighted by Gasteiger charge is -2.42. The Morgan fingerprint density at radius 2 is 1.95 bits per heavy atom. The zero-order valence-corrected chi connectivity index (χ0v) is 35.9. The third-order valence-electron chi connectivity index (χ3n) is 11.7. The van der Waals surface area contributed by atoms with E-state index in [1.807, 2.05) is 39.0 Å². The number of hydrogen-bond acceptors (Lipinski definition) is 9. The van der Waals surface area contributed by atoms with Crippen molar-refractivity contribution in [2.75, 3.05) is 43.2 Å². The number of aryl methyl sites for hydroxylation is 2. The smallest absolute Gasteiger partial charge is 0.306 e. The number of carbonyl (C=O) groups is 3. The number of fused-ring (bicyclic) bond motifs is 3. The third-order valence-corrected chi connectivity index (χ3v) is 14.2. The van der Waals surface area contributed by atoms with Gasteiger partial charge in [-0.25, -0.2) is 4.21 Å². The van der Waals surface area contributed by atoms with Crippen LogP contribution in [0.15, 0.2) is 59.1 Å². The normalized spacial score (nSPS) is 27.2. The fourth-order valence-electron chi connectivity index (χ4n) is 8.70. The molecule has 3 aliphatic rings. The van der Waals surface area contributed by atoms with E-state index in [1.54, 1.807) is 25.2 Å². The molecule has 11 nitrogen and oxygen atoms in total. The molecule has 6 rings (SSSR count). The van der Waals surface area contributed by atoms with Crippen LogP contribution in [0.1, 0.15) is 98.6 Å². The van der Waals surface area contributed by atoms with Crippen molar-refractivity contribution in [3.05, 3.63) is 82.0 Å². The number of ether oxygens (including phenoxy) is 3. The van der Waals surface area contributed by atoms with E-state index in [-0.39, 0.29) is 57.8 Å². The molecule has 1 amide bonds. The fourth-order valence-corrected chi connectivity index (χ4v) is 11.2. The van der Waals surface area contributed by atoms with Gasteiger partial charge < -0.3 is 19.1 Å². The van der Waals surface area contributed by atoms with E-state index in [1.165, 1.54) is 29.1 Å². The van der Waals surface area contributed by atoms with Crippen molar-refractivity contribution in [3.8, 4) is 11.6 Å². The molecule has 2 aliphatic heterocycles. The number of methoxy groups -OCH3 is 1. The molecular formula is C44H57ClN4O7S. The summed E-state index contributed by atoms with van der Waals surface area (Å²) in [6.07, 6.45) is 9.38. The SMILES string of the molecule is CC[C@H]1CN2C[C@@]3(CCCc4cc(Cl)ccc43)COc3ccc(cc32)C(=O)N=[S@](=O)(CC(=O)c2cn(C)nc2OC)C[C@@H](C)C/C=C/[C@H](OC(=O)CC(C)C)[C@@H]1C. The van der Waals surface area contributed by atoms with Gasteiger partial charge in [-0.2, -0.15) is 4.36 Å². The van der Waals surface area contributed by atoms with Crippen LogP contribution in [0.25, 0.3) is 0 Å². The lowest BCUT2D eigenvalue weighted by atomic mass is 9.70. The molecule has 2 bridgehead atoms. The van der Waals surface area contributed by atoms with Gasteiger partial charge in [0.25, 0.3) is 5.91 Å². The van der Waals surface area contributed by atoms with Crippen molar-refractivity contribution in [1.82, 2.24) is 9.78 Å². The van der Waals surface area contributed by atoms with Crippen molar-refractivity contribution >= 4 is 44.7 Å². The molecule has 1 spiro atoms. The Bertz CT molecular complexity index is 2140. The average Bonchev–Trinajstić information content (AvgIpc) is 3.47. The van der Waals surface area contributed by atoms with Gasteiger partial charge >= 0.3 is 5.97 Å². The highest BCUT2D eigenvalue weighted by Gasteiger charge is 2.43. The first-order valence-corrected chi connectivity index (χ1v) is 22.4. The van der Waals surface area contributed by atoms with Crippen molar-refractivity contribution in [1.29, 1.82) is 0 Å². The van der Waals surface area contributed by atoms with E-state index in [0.29, 0.717) is 43.3 Å². The predicted octanol–water partition coefficient (Wildman–Crippen LogP) is 8.26. The van der Waals surface area contributed by atoms with E-state index in [2.05, 4.69) is 40.3 Å². The number of aromatic nitrogens is 2. The summed E-state index contributed by atoms with van der Waals surface area (Å²) in [6.45, 7) is 11.9. The molecule has 0 saturated heterocycles. The zero-order valence-electron chi connectivity index (χ0n) is 34.3. The Labute approximate surface area is 342 Å². The van der Waals surface area contributed by atoms with Crippen LogP contribution in [0.3, 0.4) is 0 Å². The number of benzene rings is 2. The van der Waals surface area contributed by atoms with Crippen molar-refractivity contribution in [2.24, 2.45) is 35.1 Å². The zero-order chi connectivity index (χ0) is 41.1. The number of amides is 1. The van der Waals surface area contributed by atoms with Gasteiger partial charge in [0.2, 0.25) is 5.88 Å². The molecule has 57 heavy (non-hydrogen) atoms. The van der Waals surface area contributed by atoms with Gasteiger partial charge in [-0.1, -0.05) is 64.8 Å². The number of halogens is 1. The van der Waals surface area contributed by atoms with Crippen LogP contribution < -0.4 is 14.4 Å². The molecule has 3 heterocycles. The Hall–Kier alpha value is -4.16. The summed E-state index contributed by atoms with van der Waals surface area (Å²) in [7, 11) is -0.356. The summed E-state index contributed by atoms with van der Waals surface area (Å²) in [5.74, 6) is -1.17. The predicted molar refractivity (Wildman–Crippen MR) is 224 cm³/mol. The molecule has 13 heteroatoms. The molecule has 1 aliphatic carbocycles. The number of anilines is 1. The first-order valence-electron chi connectivity index (χ1n) is 20.2. The first kappa shape index (κ1) is 42.4. The van der Waals surface area contributed by atoms with Crippen molar-refractivity contribution < 1.29 is 32.8 Å². The van der Waals surface area contributed by atoms with E-state index in [9.17, 15) is 18.6 Å². The summed E-state index contributed by atoms with van der Waals surface area (Å²) < 4.78 is 39.0. The lowest BCUT2D eigenvalue weighted by molar-refractivity contribution is -0.150. The van der Waals surface area contributed by atoms with Crippen LogP contribution in [-0.4, -0.2) is 76.1 Å². The molecule has 6 atom stereocenters. The van der Waals surface area contributed by atoms with Crippen LogP contribution in [0.5, 0.6) is 11.6 Å². The molecule has 3 aromatic rings. The van der Waals surface area contributed by atoms with Crippen LogP contribution in [0.2, 0.25) is 5.02 Å². The van der Waals surface area contributed by atoms with Crippen LogP contribution in [-0.2, 0) is 38.1 Å². The van der Waals surface area contributed by atoms with Crippen LogP contribution in [0.4, 0.5) is 5.69 Å². The van der Waals surface area contributed by atoms with Gasteiger partial charge in [0.1, 0.15) is 17.4 Å². The second kappa shape index (κ2) is 17.8. The third kappa shape index (κ3) is 9.76. The van der Waals surface area contributed by atoms with Crippen molar-refractivity contribution in [3.63, 3.8) is 0 Å². The largest absolute Gasteiger partial charge is 0.490 e. The highest BCUT2D eigenvalue weighted by atomic mass is 35.5. The summed E-state index contributed by atoms with van der Waals surface area (Å²) in [4.78, 5) is 43.5. The lowest BCUT2D eigenvalue weighted by Crippen LogP contribution is -2.47. The number of Topliss-reactive ketones (excluding diaryl/α,β-unsaturated/α-hetero) is 1. The molecule has 0 saturated carbocycles.